The van der Waals surface area contributed by atoms with E-state index in [0.717, 1.165) is 17.5 Å². The van der Waals surface area contributed by atoms with Crippen LogP contribution in [0.5, 0.6) is 11.5 Å². The minimum absolute atomic E-state index is 0.166. The van der Waals surface area contributed by atoms with Crippen molar-refractivity contribution in [2.45, 2.75) is 6.42 Å². The molecule has 0 saturated heterocycles. The maximum absolute atomic E-state index is 12.1. The fourth-order valence-electron chi connectivity index (χ4n) is 2.92. The third kappa shape index (κ3) is 4.44. The van der Waals surface area contributed by atoms with E-state index in [9.17, 15) is 4.79 Å². The number of amides is 1. The van der Waals surface area contributed by atoms with Crippen LogP contribution in [0.1, 0.15) is 11.1 Å². The zero-order chi connectivity index (χ0) is 19.2. The van der Waals surface area contributed by atoms with Crippen molar-refractivity contribution in [3.05, 3.63) is 64.8 Å². The highest BCUT2D eigenvalue weighted by Crippen LogP contribution is 2.36. The van der Waals surface area contributed by atoms with Gasteiger partial charge in [0.15, 0.2) is 11.5 Å². The molecule has 2 aromatic carbocycles. The lowest BCUT2D eigenvalue weighted by atomic mass is 10.1. The van der Waals surface area contributed by atoms with Crippen molar-refractivity contribution in [3.63, 3.8) is 0 Å². The Morgan fingerprint density at radius 3 is 2.81 bits per heavy atom. The molecule has 1 heterocycles. The number of halogens is 1. The SMILES string of the molecule is COc1cc(/C=C/C(=O)NCCc2c[nH]c3ccccc23)cc(Cl)c1OC. The summed E-state index contributed by atoms with van der Waals surface area (Å²) in [6.45, 7) is 0.553. The summed E-state index contributed by atoms with van der Waals surface area (Å²) in [6, 6.07) is 11.6. The van der Waals surface area contributed by atoms with E-state index in [-0.39, 0.29) is 5.91 Å². The molecule has 6 heteroatoms. The van der Waals surface area contributed by atoms with Crippen LogP contribution in [0.2, 0.25) is 5.02 Å². The van der Waals surface area contributed by atoms with Crippen LogP contribution in [-0.2, 0) is 11.2 Å². The highest BCUT2D eigenvalue weighted by molar-refractivity contribution is 6.32. The van der Waals surface area contributed by atoms with Gasteiger partial charge >= 0.3 is 0 Å². The van der Waals surface area contributed by atoms with E-state index >= 15 is 0 Å². The van der Waals surface area contributed by atoms with Gasteiger partial charge in [0.25, 0.3) is 0 Å². The second-order valence-electron chi connectivity index (χ2n) is 5.97. The molecule has 0 fully saturated rings. The Bertz CT molecular complexity index is 979. The molecule has 1 amide bonds. The quantitative estimate of drug-likeness (QED) is 0.600. The van der Waals surface area contributed by atoms with Gasteiger partial charge in [-0.05, 0) is 41.8 Å². The molecular formula is C21H21ClN2O3. The molecule has 0 saturated carbocycles. The van der Waals surface area contributed by atoms with Gasteiger partial charge in [-0.2, -0.15) is 0 Å². The number of fused-ring (bicyclic) bond motifs is 1. The largest absolute Gasteiger partial charge is 0.493 e. The van der Waals surface area contributed by atoms with Crippen molar-refractivity contribution < 1.29 is 14.3 Å². The van der Waals surface area contributed by atoms with Gasteiger partial charge in [-0.15, -0.1) is 0 Å². The number of para-hydroxylation sites is 1. The first-order valence-electron chi connectivity index (χ1n) is 8.55. The summed E-state index contributed by atoms with van der Waals surface area (Å²) in [4.78, 5) is 15.3. The van der Waals surface area contributed by atoms with E-state index in [0.29, 0.717) is 23.1 Å². The molecule has 3 aromatic rings. The monoisotopic (exact) mass is 384 g/mol. The lowest BCUT2D eigenvalue weighted by Gasteiger charge is -2.10. The average molecular weight is 385 g/mol. The summed E-state index contributed by atoms with van der Waals surface area (Å²) in [7, 11) is 3.07. The van der Waals surface area contributed by atoms with Crippen LogP contribution in [0.15, 0.2) is 48.7 Å². The number of aromatic amines is 1. The van der Waals surface area contributed by atoms with E-state index < -0.39 is 0 Å². The van der Waals surface area contributed by atoms with Crippen LogP contribution in [0.4, 0.5) is 0 Å². The predicted molar refractivity (Wildman–Crippen MR) is 109 cm³/mol. The van der Waals surface area contributed by atoms with Gasteiger partial charge in [-0.3, -0.25) is 4.79 Å². The summed E-state index contributed by atoms with van der Waals surface area (Å²) in [5.41, 5.74) is 3.04. The van der Waals surface area contributed by atoms with Crippen LogP contribution >= 0.6 is 11.6 Å². The Morgan fingerprint density at radius 1 is 1.22 bits per heavy atom. The van der Waals surface area contributed by atoms with Crippen LogP contribution in [-0.4, -0.2) is 31.7 Å². The highest BCUT2D eigenvalue weighted by Gasteiger charge is 2.10. The van der Waals surface area contributed by atoms with Crippen molar-refractivity contribution in [1.29, 1.82) is 0 Å². The minimum atomic E-state index is -0.166. The summed E-state index contributed by atoms with van der Waals surface area (Å²) in [5, 5.41) is 4.50. The summed E-state index contributed by atoms with van der Waals surface area (Å²) in [5.74, 6) is 0.824. The minimum Gasteiger partial charge on any atom is -0.493 e. The van der Waals surface area contributed by atoms with Gasteiger partial charge in [0, 0.05) is 29.7 Å². The second-order valence-corrected chi connectivity index (χ2v) is 6.38. The Morgan fingerprint density at radius 2 is 2.04 bits per heavy atom. The zero-order valence-electron chi connectivity index (χ0n) is 15.2. The normalized spacial score (nSPS) is 11.1. The summed E-state index contributed by atoms with van der Waals surface area (Å²) >= 11 is 6.17. The van der Waals surface area contributed by atoms with Crippen LogP contribution < -0.4 is 14.8 Å². The number of carbonyl (C=O) groups excluding carboxylic acids is 1. The molecule has 0 aliphatic carbocycles. The smallest absolute Gasteiger partial charge is 0.244 e. The molecule has 0 atom stereocenters. The van der Waals surface area contributed by atoms with Gasteiger partial charge in [0.1, 0.15) is 0 Å². The first-order valence-corrected chi connectivity index (χ1v) is 8.92. The van der Waals surface area contributed by atoms with Gasteiger partial charge < -0.3 is 19.8 Å². The fourth-order valence-corrected chi connectivity index (χ4v) is 3.22. The number of hydrogen-bond acceptors (Lipinski definition) is 3. The van der Waals surface area contributed by atoms with Crippen molar-refractivity contribution >= 4 is 34.5 Å². The van der Waals surface area contributed by atoms with E-state index in [1.165, 1.54) is 24.1 Å². The van der Waals surface area contributed by atoms with Crippen LogP contribution in [0.25, 0.3) is 17.0 Å². The molecule has 0 unspecified atom stereocenters. The summed E-state index contributed by atoms with van der Waals surface area (Å²) < 4.78 is 10.5. The molecule has 5 nitrogen and oxygen atoms in total. The standard InChI is InChI=1S/C21H21ClN2O3/c1-26-19-12-14(11-17(22)21(19)27-2)7-8-20(25)23-10-9-15-13-24-18-6-4-3-5-16(15)18/h3-8,11-13,24H,9-10H2,1-2H3,(H,23,25)/b8-7+. The van der Waals surface area contributed by atoms with Crippen LogP contribution in [0, 0.1) is 0 Å². The molecule has 0 bridgehead atoms. The Kier molecular flexibility index (Phi) is 6.04. The number of nitrogens with one attached hydrogen (secondary N) is 2. The van der Waals surface area contributed by atoms with Gasteiger partial charge in [0.2, 0.25) is 5.91 Å². The Hall–Kier alpha value is -2.92. The molecule has 0 spiro atoms. The number of carbonyl (C=O) groups is 1. The third-order valence-corrected chi connectivity index (χ3v) is 4.53. The molecule has 2 N–H and O–H groups in total. The predicted octanol–water partition coefficient (Wildman–Crippen LogP) is 4.21. The molecule has 27 heavy (non-hydrogen) atoms. The van der Waals surface area contributed by atoms with Gasteiger partial charge in [-0.25, -0.2) is 0 Å². The van der Waals surface area contributed by atoms with Crippen molar-refractivity contribution in [2.24, 2.45) is 0 Å². The van der Waals surface area contributed by atoms with E-state index in [4.69, 9.17) is 21.1 Å². The molecule has 0 aliphatic rings. The lowest BCUT2D eigenvalue weighted by Crippen LogP contribution is -2.23. The maximum atomic E-state index is 12.1. The van der Waals surface area contributed by atoms with E-state index in [1.807, 2.05) is 24.4 Å². The molecule has 140 valence electrons. The van der Waals surface area contributed by atoms with Gasteiger partial charge in [-0.1, -0.05) is 29.8 Å². The first kappa shape index (κ1) is 18.9. The number of hydrogen-bond donors (Lipinski definition) is 2. The van der Waals surface area contributed by atoms with Crippen molar-refractivity contribution in [1.82, 2.24) is 10.3 Å². The Labute approximate surface area is 162 Å². The van der Waals surface area contributed by atoms with Gasteiger partial charge in [0.05, 0.1) is 19.2 Å². The van der Waals surface area contributed by atoms with E-state index in [1.54, 1.807) is 25.3 Å². The molecule has 1 aromatic heterocycles. The zero-order valence-corrected chi connectivity index (χ0v) is 16.0. The number of ether oxygens (including phenoxy) is 2. The average Bonchev–Trinajstić information content (AvgIpc) is 3.09. The fraction of sp³-hybridized carbons (Fsp3) is 0.190. The first-order chi connectivity index (χ1) is 13.1. The molecule has 0 radical (unpaired) electrons. The number of aromatic nitrogens is 1. The number of methoxy groups -OCH3 is 2. The molecule has 3 rings (SSSR count). The van der Waals surface area contributed by atoms with Crippen molar-refractivity contribution in [2.75, 3.05) is 20.8 Å². The topological polar surface area (TPSA) is 63.3 Å². The highest BCUT2D eigenvalue weighted by atomic mass is 35.5. The number of rotatable bonds is 7. The lowest BCUT2D eigenvalue weighted by molar-refractivity contribution is -0.116. The maximum Gasteiger partial charge on any atom is 0.244 e. The molecule has 0 aliphatic heterocycles. The second kappa shape index (κ2) is 8.64. The third-order valence-electron chi connectivity index (χ3n) is 4.25. The van der Waals surface area contributed by atoms with E-state index in [2.05, 4.69) is 16.4 Å². The molecular weight excluding hydrogens is 364 g/mol. The number of H-pyrrole nitrogens is 1. The summed E-state index contributed by atoms with van der Waals surface area (Å²) in [6.07, 6.45) is 5.91. The number of benzene rings is 2. The van der Waals surface area contributed by atoms with Crippen LogP contribution in [0.3, 0.4) is 0 Å². The Balaban J connectivity index is 1.58. The van der Waals surface area contributed by atoms with Crippen molar-refractivity contribution in [3.8, 4) is 11.5 Å².